The van der Waals surface area contributed by atoms with Crippen LogP contribution in [0.25, 0.3) is 11.0 Å². The zero-order valence-electron chi connectivity index (χ0n) is 17.3. The Kier molecular flexibility index (Phi) is 6.23. The van der Waals surface area contributed by atoms with Crippen LogP contribution in [0, 0.1) is 11.8 Å². The van der Waals surface area contributed by atoms with E-state index in [1.807, 2.05) is 41.5 Å². The van der Waals surface area contributed by atoms with Gasteiger partial charge in [-0.15, -0.1) is 0 Å². The van der Waals surface area contributed by atoms with Gasteiger partial charge in [0.2, 0.25) is 0 Å². The van der Waals surface area contributed by atoms with Gasteiger partial charge in [0.1, 0.15) is 0 Å². The Morgan fingerprint density at radius 3 is 2.30 bits per heavy atom. The molecule has 2 aromatic heterocycles. The fourth-order valence-electron chi connectivity index (χ4n) is 3.13. The second-order valence-corrected chi connectivity index (χ2v) is 8.29. The van der Waals surface area contributed by atoms with Gasteiger partial charge in [-0.2, -0.15) is 0 Å². The van der Waals surface area contributed by atoms with E-state index in [9.17, 15) is 14.4 Å². The molecule has 0 fully saturated rings. The minimum atomic E-state index is -0.570. The molecule has 0 saturated carbocycles. The highest BCUT2D eigenvalue weighted by atomic mass is 16.2. The van der Waals surface area contributed by atoms with Crippen LogP contribution in [0.5, 0.6) is 0 Å². The Bertz CT molecular complexity index is 954. The van der Waals surface area contributed by atoms with E-state index >= 15 is 0 Å². The van der Waals surface area contributed by atoms with E-state index in [-0.39, 0.29) is 28.8 Å². The third-order valence-corrected chi connectivity index (χ3v) is 4.32. The number of aromatic nitrogens is 3. The molecular weight excluding hydrogens is 344 g/mol. The third-order valence-electron chi connectivity index (χ3n) is 4.32. The number of nitrogens with one attached hydrogen (secondary N) is 1. The maximum atomic E-state index is 13.1. The van der Waals surface area contributed by atoms with E-state index in [0.29, 0.717) is 30.3 Å². The monoisotopic (exact) mass is 374 g/mol. The van der Waals surface area contributed by atoms with Crippen molar-refractivity contribution in [1.82, 2.24) is 19.4 Å². The second-order valence-electron chi connectivity index (χ2n) is 8.29. The zero-order chi connectivity index (χ0) is 20.5. The number of hydrogen-bond donors (Lipinski definition) is 1. The Balaban J connectivity index is 2.85. The first-order valence-corrected chi connectivity index (χ1v) is 9.46. The number of carbonyl (C=O) groups is 1. The van der Waals surface area contributed by atoms with Crippen LogP contribution in [0.15, 0.2) is 15.7 Å². The van der Waals surface area contributed by atoms with E-state index < -0.39 is 11.2 Å². The van der Waals surface area contributed by atoms with Crippen LogP contribution in [0.2, 0.25) is 0 Å². The van der Waals surface area contributed by atoms with Crippen molar-refractivity contribution in [3.63, 3.8) is 0 Å². The molecule has 0 saturated heterocycles. The molecule has 0 bridgehead atoms. The Labute approximate surface area is 159 Å². The van der Waals surface area contributed by atoms with Crippen molar-refractivity contribution >= 4 is 16.9 Å². The molecule has 0 aromatic carbocycles. The maximum absolute atomic E-state index is 13.1. The summed E-state index contributed by atoms with van der Waals surface area (Å²) in [6.45, 7) is 13.0. The lowest BCUT2D eigenvalue weighted by atomic mass is 10.0. The summed E-state index contributed by atoms with van der Waals surface area (Å²) in [5, 5.41) is 0.181. The lowest BCUT2D eigenvalue weighted by Crippen LogP contribution is -2.35. The minimum absolute atomic E-state index is 0.0539. The van der Waals surface area contributed by atoms with Crippen LogP contribution in [0.1, 0.15) is 63.5 Å². The summed E-state index contributed by atoms with van der Waals surface area (Å²) in [6, 6.07) is 1.69. The maximum Gasteiger partial charge on any atom is 0.330 e. The molecule has 2 aromatic rings. The first-order valence-electron chi connectivity index (χ1n) is 9.46. The van der Waals surface area contributed by atoms with Gasteiger partial charge in [0.15, 0.2) is 5.65 Å². The van der Waals surface area contributed by atoms with Crippen molar-refractivity contribution in [2.24, 2.45) is 11.8 Å². The fourth-order valence-corrected chi connectivity index (χ4v) is 3.13. The summed E-state index contributed by atoms with van der Waals surface area (Å²) < 4.78 is 1.46. The van der Waals surface area contributed by atoms with E-state index in [4.69, 9.17) is 0 Å². The molecule has 1 N–H and O–H groups in total. The molecule has 0 aliphatic carbocycles. The molecular formula is C20H30N4O3. The van der Waals surface area contributed by atoms with E-state index in [0.717, 1.165) is 0 Å². The number of aromatic amines is 1. The Morgan fingerprint density at radius 1 is 1.15 bits per heavy atom. The number of H-pyrrole nitrogens is 1. The van der Waals surface area contributed by atoms with Gasteiger partial charge in [-0.3, -0.25) is 19.1 Å². The standard InChI is InChI=1S/C20H30N4O3/c1-11(2)9-23(7)19(26)14-8-15(13(5)6)21-17-16(14)18(25)22-20(27)24(17)10-12(3)4/h8,11-13H,9-10H2,1-7H3,(H,22,25,27). The Morgan fingerprint density at radius 2 is 1.78 bits per heavy atom. The van der Waals surface area contributed by atoms with Gasteiger partial charge in [-0.25, -0.2) is 9.78 Å². The molecule has 0 aliphatic heterocycles. The predicted molar refractivity (Wildman–Crippen MR) is 107 cm³/mol. The number of carbonyl (C=O) groups excluding carboxylic acids is 1. The van der Waals surface area contributed by atoms with Crippen molar-refractivity contribution in [1.29, 1.82) is 0 Å². The van der Waals surface area contributed by atoms with E-state index in [2.05, 4.69) is 9.97 Å². The van der Waals surface area contributed by atoms with Gasteiger partial charge < -0.3 is 4.90 Å². The van der Waals surface area contributed by atoms with Crippen LogP contribution >= 0.6 is 0 Å². The highest BCUT2D eigenvalue weighted by Gasteiger charge is 2.23. The summed E-state index contributed by atoms with van der Waals surface area (Å²) >= 11 is 0. The van der Waals surface area contributed by atoms with Crippen LogP contribution in [0.3, 0.4) is 0 Å². The first kappa shape index (κ1) is 20.9. The summed E-state index contributed by atoms with van der Waals surface area (Å²) in [6.07, 6.45) is 0. The van der Waals surface area contributed by atoms with Crippen LogP contribution in [-0.2, 0) is 6.54 Å². The number of amides is 1. The summed E-state index contributed by atoms with van der Waals surface area (Å²) in [5.74, 6) is 0.301. The molecule has 0 spiro atoms. The van der Waals surface area contributed by atoms with Gasteiger partial charge in [0.05, 0.1) is 10.9 Å². The summed E-state index contributed by atoms with van der Waals surface area (Å²) in [4.78, 5) is 46.7. The van der Waals surface area contributed by atoms with Crippen molar-refractivity contribution in [3.05, 3.63) is 38.2 Å². The van der Waals surface area contributed by atoms with Gasteiger partial charge in [-0.05, 0) is 23.8 Å². The summed E-state index contributed by atoms with van der Waals surface area (Å²) in [7, 11) is 1.72. The lowest BCUT2D eigenvalue weighted by Gasteiger charge is -2.21. The first-order chi connectivity index (χ1) is 12.5. The molecule has 0 unspecified atom stereocenters. The van der Waals surface area contributed by atoms with Crippen molar-refractivity contribution in [3.8, 4) is 0 Å². The largest absolute Gasteiger partial charge is 0.341 e. The van der Waals surface area contributed by atoms with Crippen molar-refractivity contribution in [2.45, 2.75) is 54.0 Å². The number of nitrogens with zero attached hydrogens (tertiary/aromatic N) is 3. The number of fused-ring (bicyclic) bond motifs is 1. The molecule has 2 rings (SSSR count). The number of pyridine rings is 1. The van der Waals surface area contributed by atoms with Gasteiger partial charge in [0, 0.05) is 25.8 Å². The number of hydrogen-bond acceptors (Lipinski definition) is 4. The molecule has 7 heteroatoms. The molecule has 1 amide bonds. The molecule has 7 nitrogen and oxygen atoms in total. The average Bonchev–Trinajstić information content (AvgIpc) is 2.55. The fraction of sp³-hybridized carbons (Fsp3) is 0.600. The molecule has 0 radical (unpaired) electrons. The average molecular weight is 374 g/mol. The normalized spacial score (nSPS) is 11.8. The van der Waals surface area contributed by atoms with Gasteiger partial charge >= 0.3 is 5.69 Å². The smallest absolute Gasteiger partial charge is 0.330 e. The van der Waals surface area contributed by atoms with Crippen LogP contribution < -0.4 is 11.2 Å². The van der Waals surface area contributed by atoms with Crippen LogP contribution in [0.4, 0.5) is 0 Å². The summed E-state index contributed by atoms with van der Waals surface area (Å²) in [5.41, 5.74) is 0.199. The third kappa shape index (κ3) is 4.46. The highest BCUT2D eigenvalue weighted by molar-refractivity contribution is 6.05. The topological polar surface area (TPSA) is 88.1 Å². The predicted octanol–water partition coefficient (Wildman–Crippen LogP) is 2.59. The lowest BCUT2D eigenvalue weighted by molar-refractivity contribution is 0.0780. The van der Waals surface area contributed by atoms with Gasteiger partial charge in [0.25, 0.3) is 11.5 Å². The molecule has 148 valence electrons. The molecule has 0 atom stereocenters. The van der Waals surface area contributed by atoms with Crippen molar-refractivity contribution < 1.29 is 4.79 Å². The van der Waals surface area contributed by atoms with Gasteiger partial charge in [-0.1, -0.05) is 41.5 Å². The van der Waals surface area contributed by atoms with Crippen molar-refractivity contribution in [2.75, 3.05) is 13.6 Å². The Hall–Kier alpha value is -2.44. The second kappa shape index (κ2) is 8.06. The molecule has 2 heterocycles. The van der Waals surface area contributed by atoms with E-state index in [1.54, 1.807) is 18.0 Å². The molecule has 27 heavy (non-hydrogen) atoms. The SMILES string of the molecule is CC(C)CN(C)C(=O)c1cc(C(C)C)nc2c1c(=O)[nH]c(=O)n2CC(C)C. The zero-order valence-corrected chi connectivity index (χ0v) is 17.3. The van der Waals surface area contributed by atoms with E-state index in [1.165, 1.54) is 4.57 Å². The quantitative estimate of drug-likeness (QED) is 0.842. The highest BCUT2D eigenvalue weighted by Crippen LogP contribution is 2.21. The minimum Gasteiger partial charge on any atom is -0.341 e. The number of rotatable bonds is 6. The van der Waals surface area contributed by atoms with Crippen LogP contribution in [-0.4, -0.2) is 38.9 Å². The molecule has 0 aliphatic rings.